The van der Waals surface area contributed by atoms with Gasteiger partial charge in [0.1, 0.15) is 11.6 Å². The maximum Gasteiger partial charge on any atom is 0.330 e. The number of aromatic nitrogens is 2. The van der Waals surface area contributed by atoms with Gasteiger partial charge >= 0.3 is 5.69 Å². The number of rotatable bonds is 9. The summed E-state index contributed by atoms with van der Waals surface area (Å²) in [5.41, 5.74) is 5.58. The van der Waals surface area contributed by atoms with E-state index in [1.54, 1.807) is 12.1 Å². The first kappa shape index (κ1) is 24.4. The van der Waals surface area contributed by atoms with Crippen molar-refractivity contribution in [1.82, 2.24) is 9.55 Å². The molecule has 0 saturated carbocycles. The number of amides is 1. The van der Waals surface area contributed by atoms with E-state index in [0.717, 1.165) is 12.0 Å². The van der Waals surface area contributed by atoms with E-state index in [-0.39, 0.29) is 30.3 Å². The highest BCUT2D eigenvalue weighted by Gasteiger charge is 2.24. The fourth-order valence-electron chi connectivity index (χ4n) is 3.24. The number of H-pyrrole nitrogens is 1. The lowest BCUT2D eigenvalue weighted by atomic mass is 10.2. The van der Waals surface area contributed by atoms with Gasteiger partial charge in [0.05, 0.1) is 11.6 Å². The number of carbonyl (C=O) groups is 1. The molecule has 0 fully saturated rings. The van der Waals surface area contributed by atoms with Gasteiger partial charge in [-0.05, 0) is 24.1 Å². The van der Waals surface area contributed by atoms with Crippen LogP contribution in [0.1, 0.15) is 25.3 Å². The molecule has 1 amide bonds. The summed E-state index contributed by atoms with van der Waals surface area (Å²) in [5, 5.41) is 0.694. The predicted octanol–water partition coefficient (Wildman–Crippen LogP) is 3.69. The van der Waals surface area contributed by atoms with Gasteiger partial charge in [-0.1, -0.05) is 66.9 Å². The van der Waals surface area contributed by atoms with Gasteiger partial charge < -0.3 is 15.4 Å². The number of hydrogen-bond donors (Lipinski definition) is 2. The molecule has 3 N–H and O–H groups in total. The first-order valence-electron chi connectivity index (χ1n) is 10.4. The zero-order valence-corrected chi connectivity index (χ0v) is 19.5. The Hall–Kier alpha value is -3.23. The lowest BCUT2D eigenvalue weighted by Gasteiger charge is -2.24. The number of nitrogen functional groups attached to an aromatic ring is 1. The fourth-order valence-corrected chi connectivity index (χ4v) is 3.58. The summed E-state index contributed by atoms with van der Waals surface area (Å²) in [6.07, 6.45) is 1.38. The van der Waals surface area contributed by atoms with E-state index in [2.05, 4.69) is 4.98 Å². The Morgan fingerprint density at radius 3 is 2.58 bits per heavy atom. The molecule has 0 radical (unpaired) electrons. The Balaban J connectivity index is 1.94. The van der Waals surface area contributed by atoms with Gasteiger partial charge in [0.25, 0.3) is 11.5 Å². The summed E-state index contributed by atoms with van der Waals surface area (Å²) in [5.74, 6) is -0.372. The number of anilines is 2. The Labute approximate surface area is 200 Å². The van der Waals surface area contributed by atoms with Crippen molar-refractivity contribution >= 4 is 40.6 Å². The van der Waals surface area contributed by atoms with Gasteiger partial charge in [-0.3, -0.25) is 19.1 Å². The van der Waals surface area contributed by atoms with Crippen molar-refractivity contribution in [3.05, 3.63) is 85.0 Å². The summed E-state index contributed by atoms with van der Waals surface area (Å²) >= 11 is 12.1. The van der Waals surface area contributed by atoms with Crippen LogP contribution in [0, 0.1) is 0 Å². The quantitative estimate of drug-likeness (QED) is 0.475. The van der Waals surface area contributed by atoms with Gasteiger partial charge in [0.2, 0.25) is 0 Å². The number of halogens is 2. The van der Waals surface area contributed by atoms with E-state index in [0.29, 0.717) is 16.5 Å². The van der Waals surface area contributed by atoms with Crippen molar-refractivity contribution < 1.29 is 9.53 Å². The molecule has 0 bridgehead atoms. The second-order valence-electron chi connectivity index (χ2n) is 7.33. The van der Waals surface area contributed by atoms with Crippen molar-refractivity contribution in [2.45, 2.75) is 26.3 Å². The number of ether oxygens (including phenoxy) is 1. The van der Waals surface area contributed by atoms with Gasteiger partial charge in [-0.15, -0.1) is 0 Å². The van der Waals surface area contributed by atoms with Gasteiger partial charge in [-0.2, -0.15) is 0 Å². The number of aromatic amines is 1. The number of benzene rings is 2. The zero-order valence-electron chi connectivity index (χ0n) is 18.0. The van der Waals surface area contributed by atoms with Crippen LogP contribution in [0.25, 0.3) is 0 Å². The van der Waals surface area contributed by atoms with E-state index < -0.39 is 23.8 Å². The molecule has 1 aromatic heterocycles. The van der Waals surface area contributed by atoms with Gasteiger partial charge in [0, 0.05) is 17.6 Å². The Bertz CT molecular complexity index is 1240. The number of nitrogens with one attached hydrogen (secondary N) is 1. The number of carbonyl (C=O) groups excluding carboxylic acids is 1. The van der Waals surface area contributed by atoms with Crippen molar-refractivity contribution in [3.63, 3.8) is 0 Å². The van der Waals surface area contributed by atoms with E-state index >= 15 is 0 Å². The largest absolute Gasteiger partial charge is 0.482 e. The van der Waals surface area contributed by atoms with E-state index in [4.69, 9.17) is 33.7 Å². The van der Waals surface area contributed by atoms with Crippen LogP contribution < -0.4 is 26.6 Å². The van der Waals surface area contributed by atoms with Crippen LogP contribution in [0.15, 0.2) is 58.1 Å². The second kappa shape index (κ2) is 11.1. The molecule has 2 aromatic carbocycles. The van der Waals surface area contributed by atoms with Crippen LogP contribution in [0.4, 0.5) is 11.5 Å². The topological polar surface area (TPSA) is 110 Å². The third-order valence-electron chi connectivity index (χ3n) is 4.95. The molecule has 0 spiro atoms. The molecule has 0 aliphatic carbocycles. The Morgan fingerprint density at radius 2 is 1.88 bits per heavy atom. The summed E-state index contributed by atoms with van der Waals surface area (Å²) < 4.78 is 6.79. The van der Waals surface area contributed by atoms with Crippen molar-refractivity contribution in [2.24, 2.45) is 0 Å². The average molecular weight is 491 g/mol. The number of nitrogens with two attached hydrogens (primary N) is 1. The normalized spacial score (nSPS) is 10.8. The standard InChI is InChI=1S/C23H24Cl2N4O4/c1-2-3-11-28(19(30)14-33-18-12-16(24)9-10-17(18)25)20-21(26)29(23(32)27-22(20)31)13-15-7-5-4-6-8-15/h4-10,12H,2-3,11,13-14,26H2,1H3,(H,27,31,32). The first-order chi connectivity index (χ1) is 15.8. The Kier molecular flexibility index (Phi) is 8.19. The van der Waals surface area contributed by atoms with E-state index in [1.165, 1.54) is 15.5 Å². The average Bonchev–Trinajstić information content (AvgIpc) is 2.79. The zero-order chi connectivity index (χ0) is 24.0. The number of unbranched alkanes of at least 4 members (excludes halogenated alkanes) is 1. The minimum absolute atomic E-state index is 0.0928. The monoisotopic (exact) mass is 490 g/mol. The van der Waals surface area contributed by atoms with Crippen LogP contribution in [0.5, 0.6) is 5.75 Å². The molecule has 0 unspecified atom stereocenters. The minimum Gasteiger partial charge on any atom is -0.482 e. The maximum atomic E-state index is 13.1. The third-order valence-corrected chi connectivity index (χ3v) is 5.50. The molecule has 0 aliphatic rings. The molecule has 3 rings (SSSR count). The summed E-state index contributed by atoms with van der Waals surface area (Å²) in [4.78, 5) is 41.8. The molecule has 33 heavy (non-hydrogen) atoms. The molecule has 174 valence electrons. The lowest BCUT2D eigenvalue weighted by Crippen LogP contribution is -2.43. The summed E-state index contributed by atoms with van der Waals surface area (Å²) in [6, 6.07) is 13.8. The molecular formula is C23H24Cl2N4O4. The first-order valence-corrected chi connectivity index (χ1v) is 11.1. The molecule has 0 aliphatic heterocycles. The minimum atomic E-state index is -0.743. The van der Waals surface area contributed by atoms with E-state index in [1.807, 2.05) is 37.3 Å². The number of hydrogen-bond acceptors (Lipinski definition) is 5. The highest BCUT2D eigenvalue weighted by molar-refractivity contribution is 6.34. The highest BCUT2D eigenvalue weighted by atomic mass is 35.5. The molecule has 0 saturated heterocycles. The van der Waals surface area contributed by atoms with Gasteiger partial charge in [0.15, 0.2) is 12.3 Å². The smallest absolute Gasteiger partial charge is 0.330 e. The van der Waals surface area contributed by atoms with Crippen LogP contribution in [-0.2, 0) is 11.3 Å². The second-order valence-corrected chi connectivity index (χ2v) is 8.17. The fraction of sp³-hybridized carbons (Fsp3) is 0.261. The van der Waals surface area contributed by atoms with Crippen LogP contribution >= 0.6 is 23.2 Å². The molecule has 8 nitrogen and oxygen atoms in total. The maximum absolute atomic E-state index is 13.1. The molecule has 10 heteroatoms. The van der Waals surface area contributed by atoms with Crippen LogP contribution in [0.3, 0.4) is 0 Å². The number of nitrogens with zero attached hydrogens (tertiary/aromatic N) is 2. The van der Waals surface area contributed by atoms with Crippen molar-refractivity contribution in [2.75, 3.05) is 23.8 Å². The molecule has 1 heterocycles. The molecule has 3 aromatic rings. The van der Waals surface area contributed by atoms with Crippen molar-refractivity contribution in [3.8, 4) is 5.75 Å². The molecule has 0 atom stereocenters. The molecular weight excluding hydrogens is 467 g/mol. The highest BCUT2D eigenvalue weighted by Crippen LogP contribution is 2.28. The van der Waals surface area contributed by atoms with Gasteiger partial charge in [-0.25, -0.2) is 4.79 Å². The SMILES string of the molecule is CCCCN(C(=O)COc1cc(Cl)ccc1Cl)c1c(N)n(Cc2ccccc2)c(=O)[nH]c1=O. The summed E-state index contributed by atoms with van der Waals surface area (Å²) in [7, 11) is 0. The van der Waals surface area contributed by atoms with Crippen molar-refractivity contribution in [1.29, 1.82) is 0 Å². The van der Waals surface area contributed by atoms with E-state index in [9.17, 15) is 14.4 Å². The summed E-state index contributed by atoms with van der Waals surface area (Å²) in [6.45, 7) is 1.91. The predicted molar refractivity (Wildman–Crippen MR) is 130 cm³/mol. The Morgan fingerprint density at radius 1 is 1.15 bits per heavy atom. The van der Waals surface area contributed by atoms with Crippen LogP contribution in [0.2, 0.25) is 10.0 Å². The third kappa shape index (κ3) is 5.97. The lowest BCUT2D eigenvalue weighted by molar-refractivity contribution is -0.120. The van der Waals surface area contributed by atoms with Crippen LogP contribution in [-0.4, -0.2) is 28.6 Å².